The second kappa shape index (κ2) is 9.12. The van der Waals surface area contributed by atoms with Gasteiger partial charge in [-0.1, -0.05) is 48.6 Å². The standard InChI is InChI=1S/C22H25N3O2/c1-2-24(13-7-11-18-8-4-3-5-9-18)22(27)20-14-21(26)25(17-20)16-19-10-6-12-23-15-19/h3-12,15,20H,2,13-14,16-17H2,1H3/b11-7+/t20-/m0/s1. The van der Waals surface area contributed by atoms with Crippen molar-refractivity contribution in [3.63, 3.8) is 0 Å². The molecular weight excluding hydrogens is 338 g/mol. The van der Waals surface area contributed by atoms with Gasteiger partial charge in [-0.3, -0.25) is 14.6 Å². The lowest BCUT2D eigenvalue weighted by molar-refractivity contribution is -0.135. The van der Waals surface area contributed by atoms with Crippen molar-refractivity contribution < 1.29 is 9.59 Å². The van der Waals surface area contributed by atoms with Crippen molar-refractivity contribution in [2.24, 2.45) is 5.92 Å². The van der Waals surface area contributed by atoms with Gasteiger partial charge in [0.05, 0.1) is 5.92 Å². The van der Waals surface area contributed by atoms with Crippen LogP contribution < -0.4 is 0 Å². The molecule has 1 aliphatic heterocycles. The molecule has 0 N–H and O–H groups in total. The minimum Gasteiger partial charge on any atom is -0.339 e. The normalized spacial score (nSPS) is 16.9. The molecule has 140 valence electrons. The lowest BCUT2D eigenvalue weighted by Crippen LogP contribution is -2.37. The summed E-state index contributed by atoms with van der Waals surface area (Å²) in [6.45, 7) is 4.14. The Labute approximate surface area is 160 Å². The maximum Gasteiger partial charge on any atom is 0.228 e. The first-order valence-electron chi connectivity index (χ1n) is 9.34. The predicted octanol–water partition coefficient (Wildman–Crippen LogP) is 2.99. The molecule has 1 atom stereocenters. The van der Waals surface area contributed by atoms with Crippen molar-refractivity contribution >= 4 is 17.9 Å². The second-order valence-electron chi connectivity index (χ2n) is 6.73. The van der Waals surface area contributed by atoms with Gasteiger partial charge in [0.25, 0.3) is 0 Å². The summed E-state index contributed by atoms with van der Waals surface area (Å²) in [7, 11) is 0. The van der Waals surface area contributed by atoms with Gasteiger partial charge in [-0.15, -0.1) is 0 Å². The Balaban J connectivity index is 1.57. The summed E-state index contributed by atoms with van der Waals surface area (Å²) in [5, 5.41) is 0. The number of likely N-dealkylation sites (N-methyl/N-ethyl adjacent to an activating group) is 1. The van der Waals surface area contributed by atoms with E-state index in [-0.39, 0.29) is 24.2 Å². The van der Waals surface area contributed by atoms with Gasteiger partial charge >= 0.3 is 0 Å². The molecule has 0 unspecified atom stereocenters. The largest absolute Gasteiger partial charge is 0.339 e. The van der Waals surface area contributed by atoms with Crippen molar-refractivity contribution in [3.05, 3.63) is 72.1 Å². The van der Waals surface area contributed by atoms with Crippen molar-refractivity contribution in [2.45, 2.75) is 19.9 Å². The van der Waals surface area contributed by atoms with E-state index >= 15 is 0 Å². The molecule has 2 amide bonds. The van der Waals surface area contributed by atoms with Gasteiger partial charge in [0.2, 0.25) is 11.8 Å². The van der Waals surface area contributed by atoms with Gasteiger partial charge in [-0.05, 0) is 24.1 Å². The number of pyridine rings is 1. The highest BCUT2D eigenvalue weighted by atomic mass is 16.2. The maximum absolute atomic E-state index is 12.9. The summed E-state index contributed by atoms with van der Waals surface area (Å²) < 4.78 is 0. The monoisotopic (exact) mass is 363 g/mol. The van der Waals surface area contributed by atoms with E-state index in [0.29, 0.717) is 26.2 Å². The van der Waals surface area contributed by atoms with Crippen LogP contribution in [0, 0.1) is 5.92 Å². The van der Waals surface area contributed by atoms with Crippen molar-refractivity contribution in [1.82, 2.24) is 14.8 Å². The van der Waals surface area contributed by atoms with Gasteiger partial charge in [-0.25, -0.2) is 0 Å². The van der Waals surface area contributed by atoms with Crippen LogP contribution in [-0.4, -0.2) is 46.2 Å². The molecule has 5 nitrogen and oxygen atoms in total. The number of hydrogen-bond acceptors (Lipinski definition) is 3. The first kappa shape index (κ1) is 18.8. The fraction of sp³-hybridized carbons (Fsp3) is 0.318. The van der Waals surface area contributed by atoms with E-state index in [0.717, 1.165) is 11.1 Å². The summed E-state index contributed by atoms with van der Waals surface area (Å²) in [4.78, 5) is 32.8. The first-order chi connectivity index (χ1) is 13.2. The number of carbonyl (C=O) groups excluding carboxylic acids is 2. The molecule has 1 aromatic heterocycles. The zero-order valence-corrected chi connectivity index (χ0v) is 15.6. The molecule has 1 aromatic carbocycles. The number of aromatic nitrogens is 1. The molecule has 5 heteroatoms. The lowest BCUT2D eigenvalue weighted by Gasteiger charge is -2.23. The second-order valence-corrected chi connectivity index (χ2v) is 6.73. The summed E-state index contributed by atoms with van der Waals surface area (Å²) in [5.74, 6) is -0.176. The number of rotatable bonds is 7. The van der Waals surface area contributed by atoms with Crippen LogP contribution in [0.1, 0.15) is 24.5 Å². The fourth-order valence-corrected chi connectivity index (χ4v) is 3.32. The smallest absolute Gasteiger partial charge is 0.228 e. The molecule has 1 fully saturated rings. The molecular formula is C22H25N3O2. The quantitative estimate of drug-likeness (QED) is 0.760. The van der Waals surface area contributed by atoms with Crippen molar-refractivity contribution in [3.8, 4) is 0 Å². The molecule has 1 saturated heterocycles. The van der Waals surface area contributed by atoms with Gasteiger partial charge in [-0.2, -0.15) is 0 Å². The number of hydrogen-bond donors (Lipinski definition) is 0. The Hall–Kier alpha value is -2.95. The Kier molecular flexibility index (Phi) is 6.36. The third-order valence-corrected chi connectivity index (χ3v) is 4.79. The topological polar surface area (TPSA) is 53.5 Å². The Morgan fingerprint density at radius 2 is 2.07 bits per heavy atom. The van der Waals surface area contributed by atoms with E-state index < -0.39 is 0 Å². The van der Waals surface area contributed by atoms with Gasteiger partial charge < -0.3 is 9.80 Å². The molecule has 0 aliphatic carbocycles. The minimum absolute atomic E-state index is 0.0353. The molecule has 2 heterocycles. The van der Waals surface area contributed by atoms with Crippen molar-refractivity contribution in [2.75, 3.05) is 19.6 Å². The Bertz CT molecular complexity index is 790. The zero-order valence-electron chi connectivity index (χ0n) is 15.6. The van der Waals surface area contributed by atoms with Crippen molar-refractivity contribution in [1.29, 1.82) is 0 Å². The molecule has 0 radical (unpaired) electrons. The van der Waals surface area contributed by atoms with E-state index in [1.807, 2.05) is 66.4 Å². The van der Waals surface area contributed by atoms with Crippen LogP contribution in [0.25, 0.3) is 6.08 Å². The van der Waals surface area contributed by atoms with E-state index in [1.165, 1.54) is 0 Å². The number of amides is 2. The third kappa shape index (κ3) is 5.03. The average Bonchev–Trinajstić information content (AvgIpc) is 3.07. The molecule has 2 aromatic rings. The molecule has 27 heavy (non-hydrogen) atoms. The molecule has 3 rings (SSSR count). The summed E-state index contributed by atoms with van der Waals surface area (Å²) in [5.41, 5.74) is 2.09. The van der Waals surface area contributed by atoms with Crippen LogP contribution in [0.2, 0.25) is 0 Å². The number of nitrogens with zero attached hydrogens (tertiary/aromatic N) is 3. The maximum atomic E-state index is 12.9. The van der Waals surface area contributed by atoms with E-state index in [4.69, 9.17) is 0 Å². The summed E-state index contributed by atoms with van der Waals surface area (Å²) in [6.07, 6.45) is 7.78. The lowest BCUT2D eigenvalue weighted by atomic mass is 10.1. The van der Waals surface area contributed by atoms with E-state index in [2.05, 4.69) is 4.98 Å². The predicted molar refractivity (Wildman–Crippen MR) is 105 cm³/mol. The van der Waals surface area contributed by atoms with E-state index in [9.17, 15) is 9.59 Å². The van der Waals surface area contributed by atoms with Crippen LogP contribution in [0.3, 0.4) is 0 Å². The van der Waals surface area contributed by atoms with Crippen LogP contribution in [-0.2, 0) is 16.1 Å². The molecule has 0 saturated carbocycles. The van der Waals surface area contributed by atoms with Gasteiger partial charge in [0.1, 0.15) is 0 Å². The highest BCUT2D eigenvalue weighted by Gasteiger charge is 2.35. The van der Waals surface area contributed by atoms with Crippen LogP contribution in [0.5, 0.6) is 0 Å². The highest BCUT2D eigenvalue weighted by molar-refractivity contribution is 5.89. The summed E-state index contributed by atoms with van der Waals surface area (Å²) in [6, 6.07) is 13.8. The first-order valence-corrected chi connectivity index (χ1v) is 9.34. The van der Waals surface area contributed by atoms with Crippen LogP contribution in [0.15, 0.2) is 60.9 Å². The van der Waals surface area contributed by atoms with Crippen LogP contribution in [0.4, 0.5) is 0 Å². The number of likely N-dealkylation sites (tertiary alicyclic amines) is 1. The number of benzene rings is 1. The van der Waals surface area contributed by atoms with E-state index in [1.54, 1.807) is 17.3 Å². The Morgan fingerprint density at radius 3 is 2.78 bits per heavy atom. The average molecular weight is 363 g/mol. The molecule has 0 bridgehead atoms. The fourth-order valence-electron chi connectivity index (χ4n) is 3.32. The SMILES string of the molecule is CCN(C/C=C/c1ccccc1)C(=O)[C@H]1CC(=O)N(Cc2cccnc2)C1. The zero-order chi connectivity index (χ0) is 19.1. The van der Waals surface area contributed by atoms with Crippen LogP contribution >= 0.6 is 0 Å². The Morgan fingerprint density at radius 1 is 1.26 bits per heavy atom. The molecule has 0 spiro atoms. The van der Waals surface area contributed by atoms with Gasteiger partial charge in [0.15, 0.2) is 0 Å². The molecule has 1 aliphatic rings. The minimum atomic E-state index is -0.265. The number of carbonyl (C=O) groups is 2. The highest BCUT2D eigenvalue weighted by Crippen LogP contribution is 2.22. The van der Waals surface area contributed by atoms with Gasteiger partial charge in [0, 0.05) is 45.0 Å². The third-order valence-electron chi connectivity index (χ3n) is 4.79. The summed E-state index contributed by atoms with van der Waals surface area (Å²) >= 11 is 0.